The van der Waals surface area contributed by atoms with Crippen LogP contribution in [0.1, 0.15) is 24.5 Å². The van der Waals surface area contributed by atoms with Gasteiger partial charge in [0, 0.05) is 18.8 Å². The van der Waals surface area contributed by atoms with E-state index in [9.17, 15) is 10.2 Å². The van der Waals surface area contributed by atoms with Crippen LogP contribution in [0.2, 0.25) is 0 Å². The lowest BCUT2D eigenvalue weighted by atomic mass is 9.88. The Morgan fingerprint density at radius 1 is 1.31 bits per heavy atom. The Balaban J connectivity index is 2.19. The largest absolute Gasteiger partial charge is 0.506 e. The second-order valence-electron chi connectivity index (χ2n) is 4.17. The fourth-order valence-corrected chi connectivity index (χ4v) is 2.11. The van der Waals surface area contributed by atoms with Crippen LogP contribution in [0.15, 0.2) is 18.2 Å². The van der Waals surface area contributed by atoms with Crippen molar-refractivity contribution >= 4 is 5.69 Å². The molecule has 1 aromatic carbocycles. The molecule has 1 aromatic rings. The van der Waals surface area contributed by atoms with Crippen LogP contribution in [0.25, 0.3) is 0 Å². The number of nitrogen functional groups attached to an aromatic ring is 1. The third-order valence-corrected chi connectivity index (χ3v) is 3.15. The molecule has 4 heteroatoms. The molecule has 0 amide bonds. The van der Waals surface area contributed by atoms with Crippen molar-refractivity contribution in [3.8, 4) is 5.75 Å². The van der Waals surface area contributed by atoms with Crippen molar-refractivity contribution in [2.45, 2.75) is 18.9 Å². The molecule has 0 aromatic heterocycles. The number of aliphatic hydroxyl groups is 1. The molecular formula is C12H17NO3. The SMILES string of the molecule is Nc1c(O)cccc1C(O)C1CCOCC1. The number of phenols is 1. The first kappa shape index (κ1) is 11.2. The number of rotatable bonds is 2. The molecule has 0 saturated carbocycles. The van der Waals surface area contributed by atoms with Crippen LogP contribution in [-0.4, -0.2) is 23.4 Å². The number of phenolic OH excluding ortho intramolecular Hbond substituents is 1. The molecule has 1 unspecified atom stereocenters. The van der Waals surface area contributed by atoms with Crippen LogP contribution in [0.5, 0.6) is 5.75 Å². The summed E-state index contributed by atoms with van der Waals surface area (Å²) in [4.78, 5) is 0. The Bertz CT molecular complexity index is 361. The maximum Gasteiger partial charge on any atom is 0.138 e. The van der Waals surface area contributed by atoms with E-state index in [-0.39, 0.29) is 17.4 Å². The van der Waals surface area contributed by atoms with Gasteiger partial charge in [0.25, 0.3) is 0 Å². The van der Waals surface area contributed by atoms with Gasteiger partial charge in [0.1, 0.15) is 5.75 Å². The molecule has 4 N–H and O–H groups in total. The zero-order valence-corrected chi connectivity index (χ0v) is 9.10. The van der Waals surface area contributed by atoms with Crippen molar-refractivity contribution in [2.24, 2.45) is 5.92 Å². The lowest BCUT2D eigenvalue weighted by molar-refractivity contribution is 0.00741. The van der Waals surface area contributed by atoms with Gasteiger partial charge >= 0.3 is 0 Å². The van der Waals surface area contributed by atoms with Crippen molar-refractivity contribution in [3.63, 3.8) is 0 Å². The van der Waals surface area contributed by atoms with E-state index in [0.29, 0.717) is 18.8 Å². The molecule has 0 radical (unpaired) electrons. The first-order valence-electron chi connectivity index (χ1n) is 5.53. The number of anilines is 1. The van der Waals surface area contributed by atoms with Crippen molar-refractivity contribution < 1.29 is 14.9 Å². The molecule has 1 aliphatic rings. The van der Waals surface area contributed by atoms with E-state index in [1.165, 1.54) is 6.07 Å². The minimum absolute atomic E-state index is 0.0311. The van der Waals surface area contributed by atoms with Crippen LogP contribution in [0.4, 0.5) is 5.69 Å². The summed E-state index contributed by atoms with van der Waals surface area (Å²) in [5.74, 6) is 0.196. The van der Waals surface area contributed by atoms with E-state index in [2.05, 4.69) is 0 Å². The molecule has 0 spiro atoms. The highest BCUT2D eigenvalue weighted by Gasteiger charge is 2.25. The molecule has 4 nitrogen and oxygen atoms in total. The number of ether oxygens (including phenoxy) is 1. The molecule has 0 aliphatic carbocycles. The third-order valence-electron chi connectivity index (χ3n) is 3.15. The van der Waals surface area contributed by atoms with Gasteiger partial charge < -0.3 is 20.7 Å². The van der Waals surface area contributed by atoms with E-state index < -0.39 is 6.10 Å². The number of aliphatic hydroxyl groups excluding tert-OH is 1. The van der Waals surface area contributed by atoms with Crippen LogP contribution < -0.4 is 5.73 Å². The Morgan fingerprint density at radius 3 is 2.69 bits per heavy atom. The lowest BCUT2D eigenvalue weighted by Gasteiger charge is -2.27. The summed E-state index contributed by atoms with van der Waals surface area (Å²) >= 11 is 0. The number of aromatic hydroxyl groups is 1. The predicted octanol–water partition coefficient (Wildman–Crippen LogP) is 1.43. The summed E-state index contributed by atoms with van der Waals surface area (Å²) < 4.78 is 5.25. The van der Waals surface area contributed by atoms with Gasteiger partial charge in [0.15, 0.2) is 0 Å². The fourth-order valence-electron chi connectivity index (χ4n) is 2.11. The predicted molar refractivity (Wildman–Crippen MR) is 61.0 cm³/mol. The van der Waals surface area contributed by atoms with Crippen molar-refractivity contribution in [1.82, 2.24) is 0 Å². The fraction of sp³-hybridized carbons (Fsp3) is 0.500. The molecule has 1 atom stereocenters. The van der Waals surface area contributed by atoms with E-state index >= 15 is 0 Å². The van der Waals surface area contributed by atoms with Gasteiger partial charge in [-0.1, -0.05) is 12.1 Å². The van der Waals surface area contributed by atoms with Crippen LogP contribution in [-0.2, 0) is 4.74 Å². The third kappa shape index (κ3) is 2.13. The van der Waals surface area contributed by atoms with Crippen LogP contribution in [0.3, 0.4) is 0 Å². The van der Waals surface area contributed by atoms with E-state index in [4.69, 9.17) is 10.5 Å². The Hall–Kier alpha value is -1.26. The van der Waals surface area contributed by atoms with Crippen molar-refractivity contribution in [1.29, 1.82) is 0 Å². The zero-order chi connectivity index (χ0) is 11.5. The van der Waals surface area contributed by atoms with Gasteiger partial charge in [-0.25, -0.2) is 0 Å². The van der Waals surface area contributed by atoms with E-state index in [1.807, 2.05) is 0 Å². The summed E-state index contributed by atoms with van der Waals surface area (Å²) in [6.07, 6.45) is 1.04. The highest BCUT2D eigenvalue weighted by molar-refractivity contribution is 5.58. The van der Waals surface area contributed by atoms with Gasteiger partial charge in [-0.15, -0.1) is 0 Å². The molecule has 88 valence electrons. The van der Waals surface area contributed by atoms with Gasteiger partial charge in [0.05, 0.1) is 11.8 Å². The summed E-state index contributed by atoms with van der Waals surface area (Å²) in [5, 5.41) is 19.7. The topological polar surface area (TPSA) is 75.7 Å². The molecule has 2 rings (SSSR count). The molecule has 0 bridgehead atoms. The highest BCUT2D eigenvalue weighted by atomic mass is 16.5. The molecular weight excluding hydrogens is 206 g/mol. The number of para-hydroxylation sites is 1. The summed E-state index contributed by atoms with van der Waals surface area (Å²) in [7, 11) is 0. The van der Waals surface area contributed by atoms with E-state index in [0.717, 1.165) is 12.8 Å². The minimum atomic E-state index is -0.615. The molecule has 1 heterocycles. The Labute approximate surface area is 94.7 Å². The normalized spacial score (nSPS) is 19.6. The molecule has 1 saturated heterocycles. The van der Waals surface area contributed by atoms with Gasteiger partial charge in [-0.05, 0) is 24.8 Å². The molecule has 1 aliphatic heterocycles. The molecule has 1 fully saturated rings. The average Bonchev–Trinajstić information content (AvgIpc) is 2.33. The van der Waals surface area contributed by atoms with Crippen LogP contribution in [0, 0.1) is 5.92 Å². The standard InChI is InChI=1S/C12H17NO3/c13-11-9(2-1-3-10(11)14)12(15)8-4-6-16-7-5-8/h1-3,8,12,14-15H,4-7,13H2. The first-order valence-corrected chi connectivity index (χ1v) is 5.53. The number of benzene rings is 1. The summed E-state index contributed by atoms with van der Waals surface area (Å²) in [5.41, 5.74) is 6.65. The Kier molecular flexibility index (Phi) is 3.31. The maximum atomic E-state index is 10.2. The second kappa shape index (κ2) is 4.72. The van der Waals surface area contributed by atoms with Gasteiger partial charge in [-0.3, -0.25) is 0 Å². The smallest absolute Gasteiger partial charge is 0.138 e. The van der Waals surface area contributed by atoms with E-state index in [1.54, 1.807) is 12.1 Å². The van der Waals surface area contributed by atoms with Gasteiger partial charge in [0.2, 0.25) is 0 Å². The maximum absolute atomic E-state index is 10.2. The monoisotopic (exact) mass is 223 g/mol. The Morgan fingerprint density at radius 2 is 2.00 bits per heavy atom. The molecule has 16 heavy (non-hydrogen) atoms. The summed E-state index contributed by atoms with van der Waals surface area (Å²) in [6.45, 7) is 1.36. The van der Waals surface area contributed by atoms with Crippen molar-refractivity contribution in [2.75, 3.05) is 18.9 Å². The minimum Gasteiger partial charge on any atom is -0.506 e. The number of hydrogen-bond acceptors (Lipinski definition) is 4. The highest BCUT2D eigenvalue weighted by Crippen LogP contribution is 2.35. The van der Waals surface area contributed by atoms with Crippen molar-refractivity contribution in [3.05, 3.63) is 23.8 Å². The second-order valence-corrected chi connectivity index (χ2v) is 4.17. The summed E-state index contributed by atoms with van der Waals surface area (Å²) in [6, 6.07) is 4.98. The first-order chi connectivity index (χ1) is 7.70. The van der Waals surface area contributed by atoms with Gasteiger partial charge in [-0.2, -0.15) is 0 Å². The quantitative estimate of drug-likeness (QED) is 0.523. The number of nitrogens with two attached hydrogens (primary N) is 1. The average molecular weight is 223 g/mol. The number of hydrogen-bond donors (Lipinski definition) is 3. The lowest BCUT2D eigenvalue weighted by Crippen LogP contribution is -2.22. The zero-order valence-electron chi connectivity index (χ0n) is 9.10. The van der Waals surface area contributed by atoms with Crippen LogP contribution >= 0.6 is 0 Å².